The number of pyridine rings is 1. The summed E-state index contributed by atoms with van der Waals surface area (Å²) in [6.45, 7) is 0. The minimum absolute atomic E-state index is 0.269. The number of hydrogen-bond acceptors (Lipinski definition) is 6. The first-order valence-corrected chi connectivity index (χ1v) is 6.90. The van der Waals surface area contributed by atoms with Crippen LogP contribution in [0.1, 0.15) is 25.7 Å². The lowest BCUT2D eigenvalue weighted by atomic mass is 9.89. The third-order valence-corrected chi connectivity index (χ3v) is 3.44. The Kier molecular flexibility index (Phi) is 5.18. The van der Waals surface area contributed by atoms with Crippen molar-refractivity contribution < 1.29 is 14.9 Å². The number of nitrogens with one attached hydrogen (secondary N) is 1. The Balaban J connectivity index is 2.15. The number of aromatic nitrogens is 1. The number of nitrogens with zero attached hydrogens (tertiary/aromatic N) is 3. The standard InChI is InChI=1S/C14H16N4O4/c19-14(16-13-7-3-4-8-15-13)11(17-20)9-10-5-1-2-6-12(10)18(21)22/h3-4,7-9,12,20H,1-2,5-6H2,(H,15,16,19)/b10-9+,17-11+. The van der Waals surface area contributed by atoms with Gasteiger partial charge in [-0.15, -0.1) is 0 Å². The predicted octanol–water partition coefficient (Wildman–Crippen LogP) is 2.00. The molecule has 1 aliphatic rings. The Hall–Kier alpha value is -2.77. The lowest BCUT2D eigenvalue weighted by Gasteiger charge is -2.18. The van der Waals surface area contributed by atoms with Gasteiger partial charge < -0.3 is 10.5 Å². The number of hydrogen-bond donors (Lipinski definition) is 2. The summed E-state index contributed by atoms with van der Waals surface area (Å²) < 4.78 is 0. The van der Waals surface area contributed by atoms with Crippen LogP contribution in [0.3, 0.4) is 0 Å². The Morgan fingerprint density at radius 3 is 2.95 bits per heavy atom. The maximum Gasteiger partial charge on any atom is 0.278 e. The summed E-state index contributed by atoms with van der Waals surface area (Å²) in [7, 11) is 0. The summed E-state index contributed by atoms with van der Waals surface area (Å²) in [5.74, 6) is -0.358. The van der Waals surface area contributed by atoms with Crippen LogP contribution in [0.5, 0.6) is 0 Å². The van der Waals surface area contributed by atoms with E-state index in [2.05, 4.69) is 15.5 Å². The number of carbonyl (C=O) groups is 1. The predicted molar refractivity (Wildman–Crippen MR) is 79.4 cm³/mol. The van der Waals surface area contributed by atoms with E-state index in [0.29, 0.717) is 24.2 Å². The number of amides is 1. The molecule has 1 heterocycles. The third kappa shape index (κ3) is 3.87. The second-order valence-electron chi connectivity index (χ2n) is 4.92. The van der Waals surface area contributed by atoms with Gasteiger partial charge in [-0.25, -0.2) is 4.98 Å². The van der Waals surface area contributed by atoms with Gasteiger partial charge in [-0.2, -0.15) is 0 Å². The lowest BCUT2D eigenvalue weighted by Crippen LogP contribution is -2.28. The zero-order valence-electron chi connectivity index (χ0n) is 11.8. The Bertz CT molecular complexity index is 613. The van der Waals surface area contributed by atoms with E-state index in [1.54, 1.807) is 18.2 Å². The Morgan fingerprint density at radius 2 is 2.32 bits per heavy atom. The molecule has 116 valence electrons. The van der Waals surface area contributed by atoms with Crippen LogP contribution >= 0.6 is 0 Å². The van der Waals surface area contributed by atoms with Crippen molar-refractivity contribution in [1.29, 1.82) is 0 Å². The van der Waals surface area contributed by atoms with Gasteiger partial charge in [-0.3, -0.25) is 14.9 Å². The molecule has 0 bridgehead atoms. The van der Waals surface area contributed by atoms with Gasteiger partial charge in [-0.1, -0.05) is 11.2 Å². The van der Waals surface area contributed by atoms with Crippen LogP contribution in [0.4, 0.5) is 5.82 Å². The minimum atomic E-state index is -0.826. The highest BCUT2D eigenvalue weighted by Gasteiger charge is 2.29. The molecule has 2 N–H and O–H groups in total. The van der Waals surface area contributed by atoms with Crippen LogP contribution < -0.4 is 5.32 Å². The van der Waals surface area contributed by atoms with Gasteiger partial charge in [0.15, 0.2) is 5.71 Å². The summed E-state index contributed by atoms with van der Waals surface area (Å²) in [4.78, 5) is 26.6. The molecule has 22 heavy (non-hydrogen) atoms. The molecule has 1 aromatic rings. The number of anilines is 1. The average Bonchev–Trinajstić information content (AvgIpc) is 2.53. The molecule has 0 radical (unpaired) electrons. The van der Waals surface area contributed by atoms with Crippen molar-refractivity contribution in [3.8, 4) is 0 Å². The van der Waals surface area contributed by atoms with E-state index in [-0.39, 0.29) is 10.6 Å². The molecule has 0 aromatic carbocycles. The van der Waals surface area contributed by atoms with Crippen LogP contribution in [-0.4, -0.2) is 32.8 Å². The molecule has 8 heteroatoms. The molecule has 1 aliphatic carbocycles. The van der Waals surface area contributed by atoms with E-state index in [1.807, 2.05) is 0 Å². The fraction of sp³-hybridized carbons (Fsp3) is 0.357. The van der Waals surface area contributed by atoms with Crippen molar-refractivity contribution in [3.63, 3.8) is 0 Å². The van der Waals surface area contributed by atoms with E-state index < -0.39 is 11.9 Å². The zero-order valence-corrected chi connectivity index (χ0v) is 11.8. The molecule has 1 aromatic heterocycles. The molecule has 8 nitrogen and oxygen atoms in total. The third-order valence-electron chi connectivity index (χ3n) is 3.44. The van der Waals surface area contributed by atoms with Crippen molar-refractivity contribution in [2.75, 3.05) is 5.32 Å². The molecular formula is C14H16N4O4. The topological polar surface area (TPSA) is 118 Å². The molecular weight excluding hydrogens is 288 g/mol. The number of nitro groups is 1. The van der Waals surface area contributed by atoms with Crippen molar-refractivity contribution in [2.24, 2.45) is 5.16 Å². The summed E-state index contributed by atoms with van der Waals surface area (Å²) in [5.41, 5.74) is 0.231. The maximum absolute atomic E-state index is 12.0. The fourth-order valence-corrected chi connectivity index (χ4v) is 2.36. The van der Waals surface area contributed by atoms with Crippen LogP contribution in [0.15, 0.2) is 41.2 Å². The van der Waals surface area contributed by atoms with Crippen molar-refractivity contribution >= 4 is 17.4 Å². The highest BCUT2D eigenvalue weighted by atomic mass is 16.6. The summed E-state index contributed by atoms with van der Waals surface area (Å²) in [5, 5.41) is 25.5. The van der Waals surface area contributed by atoms with Crippen LogP contribution in [-0.2, 0) is 4.79 Å². The highest BCUT2D eigenvalue weighted by molar-refractivity contribution is 6.47. The fourth-order valence-electron chi connectivity index (χ4n) is 2.36. The van der Waals surface area contributed by atoms with Crippen molar-refractivity contribution in [3.05, 3.63) is 46.2 Å². The largest absolute Gasteiger partial charge is 0.410 e. The van der Waals surface area contributed by atoms with Gasteiger partial charge in [0.1, 0.15) is 5.82 Å². The number of carbonyl (C=O) groups excluding carboxylic acids is 1. The first-order valence-electron chi connectivity index (χ1n) is 6.90. The first kappa shape index (κ1) is 15.6. The first-order chi connectivity index (χ1) is 10.6. The molecule has 0 aliphatic heterocycles. The Morgan fingerprint density at radius 1 is 1.50 bits per heavy atom. The summed E-state index contributed by atoms with van der Waals surface area (Å²) in [6.07, 6.45) is 5.34. The summed E-state index contributed by atoms with van der Waals surface area (Å²) >= 11 is 0. The van der Waals surface area contributed by atoms with Crippen LogP contribution in [0.2, 0.25) is 0 Å². The lowest BCUT2D eigenvalue weighted by molar-refractivity contribution is -0.514. The normalized spacial score (nSPS) is 20.6. The quantitative estimate of drug-likeness (QED) is 0.382. The zero-order chi connectivity index (χ0) is 15.9. The smallest absolute Gasteiger partial charge is 0.278 e. The van der Waals surface area contributed by atoms with E-state index >= 15 is 0 Å². The van der Waals surface area contributed by atoms with E-state index in [0.717, 1.165) is 12.8 Å². The van der Waals surface area contributed by atoms with E-state index in [4.69, 9.17) is 5.21 Å². The SMILES string of the molecule is O=C(Nc1ccccn1)C(/C=C1\CCCCC1[N+](=O)[O-])=N/O. The molecule has 1 atom stereocenters. The van der Waals surface area contributed by atoms with Crippen molar-refractivity contribution in [2.45, 2.75) is 31.7 Å². The van der Waals surface area contributed by atoms with Crippen LogP contribution in [0.25, 0.3) is 0 Å². The molecule has 0 spiro atoms. The average molecular weight is 304 g/mol. The monoisotopic (exact) mass is 304 g/mol. The molecule has 1 fully saturated rings. The van der Waals surface area contributed by atoms with E-state index in [1.165, 1.54) is 12.3 Å². The van der Waals surface area contributed by atoms with Gasteiger partial charge in [0.2, 0.25) is 6.04 Å². The second kappa shape index (κ2) is 7.30. The molecule has 1 amide bonds. The highest BCUT2D eigenvalue weighted by Crippen LogP contribution is 2.25. The van der Waals surface area contributed by atoms with Crippen LogP contribution in [0, 0.1) is 10.1 Å². The maximum atomic E-state index is 12.0. The van der Waals surface area contributed by atoms with Gasteiger partial charge in [-0.05, 0) is 37.5 Å². The van der Waals surface area contributed by atoms with Gasteiger partial charge in [0.05, 0.1) is 0 Å². The second-order valence-corrected chi connectivity index (χ2v) is 4.92. The Labute approximate surface area is 126 Å². The van der Waals surface area contributed by atoms with E-state index in [9.17, 15) is 14.9 Å². The van der Waals surface area contributed by atoms with Gasteiger partial charge >= 0.3 is 0 Å². The molecule has 1 unspecified atom stereocenters. The summed E-state index contributed by atoms with van der Waals surface area (Å²) in [6, 6.07) is 4.15. The molecule has 0 saturated heterocycles. The van der Waals surface area contributed by atoms with Crippen molar-refractivity contribution in [1.82, 2.24) is 4.98 Å². The number of rotatable bonds is 4. The number of oxime groups is 1. The minimum Gasteiger partial charge on any atom is -0.410 e. The van der Waals surface area contributed by atoms with Gasteiger partial charge in [0.25, 0.3) is 5.91 Å². The molecule has 2 rings (SSSR count). The molecule has 1 saturated carbocycles. The van der Waals surface area contributed by atoms with Gasteiger partial charge in [0, 0.05) is 23.1 Å².